The minimum absolute atomic E-state index is 0.392. The molecule has 2 rings (SSSR count). The molecule has 1 saturated carbocycles. The molecular formula is C11H16FN3S. The van der Waals surface area contributed by atoms with Gasteiger partial charge in [-0.1, -0.05) is 0 Å². The van der Waals surface area contributed by atoms with Gasteiger partial charge < -0.3 is 5.32 Å². The topological polar surface area (TPSA) is 37.8 Å². The molecule has 1 fully saturated rings. The third kappa shape index (κ3) is 3.07. The van der Waals surface area contributed by atoms with E-state index in [1.165, 1.54) is 25.2 Å². The zero-order valence-electron chi connectivity index (χ0n) is 9.32. The van der Waals surface area contributed by atoms with Crippen molar-refractivity contribution < 1.29 is 4.39 Å². The van der Waals surface area contributed by atoms with Crippen LogP contribution in [0.15, 0.2) is 12.4 Å². The van der Waals surface area contributed by atoms with E-state index in [1.807, 2.05) is 11.8 Å². The van der Waals surface area contributed by atoms with Crippen molar-refractivity contribution in [2.75, 3.05) is 11.6 Å². The Morgan fingerprint density at radius 1 is 1.25 bits per heavy atom. The number of anilines is 1. The third-order valence-corrected chi connectivity index (χ3v) is 4.10. The lowest BCUT2D eigenvalue weighted by molar-refractivity contribution is 0.471. The van der Waals surface area contributed by atoms with Gasteiger partial charge in [0.2, 0.25) is 5.95 Å². The SMILES string of the molecule is CSC1CCC(Nc2ncc(F)cn2)CC1. The first kappa shape index (κ1) is 11.6. The predicted molar refractivity (Wildman–Crippen MR) is 65.2 cm³/mol. The Labute approximate surface area is 99.3 Å². The number of nitrogens with zero attached hydrogens (tertiary/aromatic N) is 2. The summed E-state index contributed by atoms with van der Waals surface area (Å²) in [4.78, 5) is 7.82. The molecule has 3 nitrogen and oxygen atoms in total. The largest absolute Gasteiger partial charge is 0.351 e. The Hall–Kier alpha value is -0.840. The minimum atomic E-state index is -0.392. The van der Waals surface area contributed by atoms with Gasteiger partial charge in [-0.25, -0.2) is 14.4 Å². The van der Waals surface area contributed by atoms with Crippen molar-refractivity contribution in [1.82, 2.24) is 9.97 Å². The molecule has 1 N–H and O–H groups in total. The number of rotatable bonds is 3. The Bertz CT molecular complexity index is 323. The summed E-state index contributed by atoms with van der Waals surface area (Å²) in [5.74, 6) is 0.144. The molecule has 0 saturated heterocycles. The fourth-order valence-corrected chi connectivity index (χ4v) is 2.76. The van der Waals surface area contributed by atoms with E-state index >= 15 is 0 Å². The van der Waals surface area contributed by atoms with Crippen LogP contribution in [0.25, 0.3) is 0 Å². The highest BCUT2D eigenvalue weighted by Gasteiger charge is 2.20. The second-order valence-corrected chi connectivity index (χ2v) is 5.22. The molecule has 1 aliphatic carbocycles. The van der Waals surface area contributed by atoms with Gasteiger partial charge in [0.05, 0.1) is 12.4 Å². The quantitative estimate of drug-likeness (QED) is 0.883. The average molecular weight is 241 g/mol. The summed E-state index contributed by atoms with van der Waals surface area (Å²) in [7, 11) is 0. The van der Waals surface area contributed by atoms with Gasteiger partial charge in [0.15, 0.2) is 5.82 Å². The summed E-state index contributed by atoms with van der Waals surface area (Å²) in [6.45, 7) is 0. The Balaban J connectivity index is 1.84. The summed E-state index contributed by atoms with van der Waals surface area (Å²) < 4.78 is 12.6. The Kier molecular flexibility index (Phi) is 3.98. The highest BCUT2D eigenvalue weighted by molar-refractivity contribution is 7.99. The van der Waals surface area contributed by atoms with Gasteiger partial charge in [-0.2, -0.15) is 11.8 Å². The van der Waals surface area contributed by atoms with Crippen molar-refractivity contribution in [2.24, 2.45) is 0 Å². The molecule has 5 heteroatoms. The molecule has 16 heavy (non-hydrogen) atoms. The lowest BCUT2D eigenvalue weighted by atomic mass is 9.95. The zero-order chi connectivity index (χ0) is 11.4. The van der Waals surface area contributed by atoms with Crippen LogP contribution < -0.4 is 5.32 Å². The molecule has 0 amide bonds. The molecule has 88 valence electrons. The maximum atomic E-state index is 12.6. The van der Waals surface area contributed by atoms with Crippen LogP contribution in [0, 0.1) is 5.82 Å². The number of hydrogen-bond donors (Lipinski definition) is 1. The molecule has 1 aromatic rings. The first-order valence-corrected chi connectivity index (χ1v) is 6.83. The van der Waals surface area contributed by atoms with Crippen LogP contribution in [-0.4, -0.2) is 27.5 Å². The van der Waals surface area contributed by atoms with Crippen LogP contribution in [0.4, 0.5) is 10.3 Å². The van der Waals surface area contributed by atoms with Crippen molar-refractivity contribution >= 4 is 17.7 Å². The number of nitrogens with one attached hydrogen (secondary N) is 1. The lowest BCUT2D eigenvalue weighted by Gasteiger charge is -2.27. The molecule has 1 aliphatic rings. The van der Waals surface area contributed by atoms with Gasteiger partial charge in [0, 0.05) is 11.3 Å². The molecule has 1 heterocycles. The summed E-state index contributed by atoms with van der Waals surface area (Å²) in [6, 6.07) is 0.439. The molecule has 0 atom stereocenters. The fourth-order valence-electron chi connectivity index (χ4n) is 2.01. The molecule has 0 spiro atoms. The highest BCUT2D eigenvalue weighted by Crippen LogP contribution is 2.27. The first-order chi connectivity index (χ1) is 7.78. The predicted octanol–water partition coefficient (Wildman–Crippen LogP) is 2.70. The Morgan fingerprint density at radius 2 is 1.88 bits per heavy atom. The second-order valence-electron chi connectivity index (χ2n) is 4.08. The van der Waals surface area contributed by atoms with Gasteiger partial charge in [-0.15, -0.1) is 0 Å². The average Bonchev–Trinajstić information content (AvgIpc) is 2.33. The fraction of sp³-hybridized carbons (Fsp3) is 0.636. The van der Waals surface area contributed by atoms with E-state index in [0.29, 0.717) is 12.0 Å². The smallest absolute Gasteiger partial charge is 0.222 e. The van der Waals surface area contributed by atoms with Gasteiger partial charge in [0.25, 0.3) is 0 Å². The van der Waals surface area contributed by atoms with Gasteiger partial charge >= 0.3 is 0 Å². The summed E-state index contributed by atoms with van der Waals surface area (Å²) in [6.07, 6.45) is 9.33. The first-order valence-electron chi connectivity index (χ1n) is 5.55. The summed E-state index contributed by atoms with van der Waals surface area (Å²) >= 11 is 1.95. The maximum Gasteiger partial charge on any atom is 0.222 e. The van der Waals surface area contributed by atoms with Crippen molar-refractivity contribution in [3.8, 4) is 0 Å². The minimum Gasteiger partial charge on any atom is -0.351 e. The van der Waals surface area contributed by atoms with E-state index < -0.39 is 5.82 Å². The second kappa shape index (κ2) is 5.48. The van der Waals surface area contributed by atoms with E-state index in [0.717, 1.165) is 18.1 Å². The van der Waals surface area contributed by atoms with Crippen molar-refractivity contribution in [3.05, 3.63) is 18.2 Å². The third-order valence-electron chi connectivity index (χ3n) is 2.96. The lowest BCUT2D eigenvalue weighted by Crippen LogP contribution is -2.27. The van der Waals surface area contributed by atoms with Crippen LogP contribution >= 0.6 is 11.8 Å². The van der Waals surface area contributed by atoms with E-state index in [9.17, 15) is 4.39 Å². The highest BCUT2D eigenvalue weighted by atomic mass is 32.2. The normalized spacial score (nSPS) is 25.4. The number of aromatic nitrogens is 2. The van der Waals surface area contributed by atoms with Gasteiger partial charge in [0.1, 0.15) is 0 Å². The van der Waals surface area contributed by atoms with E-state index in [2.05, 4.69) is 21.5 Å². The molecule has 0 bridgehead atoms. The van der Waals surface area contributed by atoms with Crippen LogP contribution in [0.1, 0.15) is 25.7 Å². The van der Waals surface area contributed by atoms with Crippen LogP contribution in [0.3, 0.4) is 0 Å². The van der Waals surface area contributed by atoms with Crippen LogP contribution in [0.5, 0.6) is 0 Å². The van der Waals surface area contributed by atoms with E-state index in [4.69, 9.17) is 0 Å². The molecule has 0 aliphatic heterocycles. The zero-order valence-corrected chi connectivity index (χ0v) is 10.1. The van der Waals surface area contributed by atoms with E-state index in [1.54, 1.807) is 0 Å². The van der Waals surface area contributed by atoms with Gasteiger partial charge in [-0.05, 0) is 31.9 Å². The Morgan fingerprint density at radius 3 is 2.44 bits per heavy atom. The van der Waals surface area contributed by atoms with Crippen LogP contribution in [-0.2, 0) is 0 Å². The van der Waals surface area contributed by atoms with Crippen LogP contribution in [0.2, 0.25) is 0 Å². The van der Waals surface area contributed by atoms with Crippen molar-refractivity contribution in [1.29, 1.82) is 0 Å². The standard InChI is InChI=1S/C11H16FN3S/c1-16-10-4-2-9(3-5-10)15-11-13-6-8(12)7-14-11/h6-7,9-10H,2-5H2,1H3,(H,13,14,15). The number of hydrogen-bond acceptors (Lipinski definition) is 4. The van der Waals surface area contributed by atoms with Crippen molar-refractivity contribution in [2.45, 2.75) is 37.0 Å². The number of halogens is 1. The summed E-state index contributed by atoms with van der Waals surface area (Å²) in [5.41, 5.74) is 0. The number of thioether (sulfide) groups is 1. The molecule has 0 unspecified atom stereocenters. The maximum absolute atomic E-state index is 12.6. The van der Waals surface area contributed by atoms with Gasteiger partial charge in [-0.3, -0.25) is 0 Å². The van der Waals surface area contributed by atoms with E-state index in [-0.39, 0.29) is 0 Å². The molecular weight excluding hydrogens is 225 g/mol. The molecule has 0 radical (unpaired) electrons. The summed E-state index contributed by atoms with van der Waals surface area (Å²) in [5, 5.41) is 4.05. The molecule has 1 aromatic heterocycles. The van der Waals surface area contributed by atoms with Crippen molar-refractivity contribution in [3.63, 3.8) is 0 Å². The monoisotopic (exact) mass is 241 g/mol. The molecule has 0 aromatic carbocycles.